The van der Waals surface area contributed by atoms with Crippen molar-refractivity contribution in [3.63, 3.8) is 0 Å². The summed E-state index contributed by atoms with van der Waals surface area (Å²) in [6, 6.07) is 57.6. The van der Waals surface area contributed by atoms with Gasteiger partial charge in [-0.1, -0.05) is 163 Å². The molecule has 0 aliphatic rings. The van der Waals surface area contributed by atoms with Crippen molar-refractivity contribution < 1.29 is 5.11 Å². The van der Waals surface area contributed by atoms with Crippen molar-refractivity contribution in [1.29, 1.82) is 0 Å². The molecule has 0 amide bonds. The number of hydrogen-bond donors (Lipinski definition) is 1. The first kappa shape index (κ1) is 36.8. The zero-order valence-electron chi connectivity index (χ0n) is 34.0. The van der Waals surface area contributed by atoms with Gasteiger partial charge in [0.2, 0.25) is 0 Å². The van der Waals surface area contributed by atoms with E-state index in [1.807, 2.05) is 12.3 Å². The molecule has 1 N–H and O–H groups in total. The maximum absolute atomic E-state index is 12.4. The summed E-state index contributed by atoms with van der Waals surface area (Å²) >= 11 is 0. The minimum Gasteiger partial charge on any atom is -0.507 e. The third-order valence-corrected chi connectivity index (χ3v) is 11.2. The number of hydrogen-bond acceptors (Lipinski definition) is 3. The van der Waals surface area contributed by atoms with Crippen LogP contribution < -0.4 is 0 Å². The van der Waals surface area contributed by atoms with E-state index in [2.05, 4.69) is 204 Å². The molecule has 9 aromatic rings. The van der Waals surface area contributed by atoms with E-state index in [1.165, 1.54) is 0 Å². The number of phenols is 1. The first-order chi connectivity index (χ1) is 28.0. The second-order valence-electron chi connectivity index (χ2n) is 17.3. The number of nitrogens with zero attached hydrogens (tertiary/aromatic N) is 3. The number of aromatic nitrogens is 3. The van der Waals surface area contributed by atoms with Gasteiger partial charge in [0.1, 0.15) is 11.6 Å². The Bertz CT molecular complexity index is 2960. The van der Waals surface area contributed by atoms with Gasteiger partial charge in [0.15, 0.2) is 0 Å². The van der Waals surface area contributed by atoms with Crippen LogP contribution in [0, 0.1) is 0 Å². The van der Waals surface area contributed by atoms with E-state index in [9.17, 15) is 5.11 Å². The molecule has 0 spiro atoms. The van der Waals surface area contributed by atoms with Crippen LogP contribution >= 0.6 is 0 Å². The van der Waals surface area contributed by atoms with Gasteiger partial charge in [0.05, 0.1) is 28.0 Å². The van der Waals surface area contributed by atoms with Crippen LogP contribution in [0.1, 0.15) is 52.7 Å². The van der Waals surface area contributed by atoms with Crippen molar-refractivity contribution in [2.75, 3.05) is 0 Å². The highest BCUT2D eigenvalue weighted by Gasteiger charge is 2.29. The van der Waals surface area contributed by atoms with Crippen LogP contribution in [0.3, 0.4) is 0 Å². The molecule has 0 bridgehead atoms. The Kier molecular flexibility index (Phi) is 9.09. The molecule has 0 atom stereocenters. The molecule has 284 valence electrons. The third kappa shape index (κ3) is 6.65. The molecule has 58 heavy (non-hydrogen) atoms. The summed E-state index contributed by atoms with van der Waals surface area (Å²) in [6.45, 7) is 13.2. The highest BCUT2D eigenvalue weighted by atomic mass is 16.3. The molecule has 0 radical (unpaired) electrons. The molecule has 0 fully saturated rings. The van der Waals surface area contributed by atoms with E-state index in [4.69, 9.17) is 9.97 Å². The summed E-state index contributed by atoms with van der Waals surface area (Å²) in [5.74, 6) is 0.946. The number of imidazole rings is 1. The lowest BCUT2D eigenvalue weighted by Gasteiger charge is -2.27. The average molecular weight is 754 g/mol. The number of benzene rings is 7. The Morgan fingerprint density at radius 1 is 0.500 bits per heavy atom. The predicted octanol–water partition coefficient (Wildman–Crippen LogP) is 14.2. The standard InChI is InChI=1S/C54H47N3O/c1-53(2,3)41-33-45(51(58)46(34-41)54(4,5)6)52-56-50-44(25-17-27-48(50)57(52)47-26-16-15-23-42(47)36-20-11-8-12-21-36)39-30-38(35-18-9-7-10-19-35)31-40(32-39)49-43-24-14-13-22-37(43)28-29-55-49/h7-34,58H,1-6H3. The second-order valence-corrected chi connectivity index (χ2v) is 17.3. The number of para-hydroxylation sites is 2. The molecular formula is C54H47N3O. The van der Waals surface area contributed by atoms with Gasteiger partial charge in [-0.2, -0.15) is 0 Å². The number of aromatic hydroxyl groups is 1. The summed E-state index contributed by atoms with van der Waals surface area (Å²) in [4.78, 5) is 10.6. The Balaban J connectivity index is 1.38. The van der Waals surface area contributed by atoms with E-state index < -0.39 is 0 Å². The van der Waals surface area contributed by atoms with Crippen LogP contribution in [0.25, 0.3) is 83.5 Å². The Labute approximate surface area is 341 Å². The van der Waals surface area contributed by atoms with Gasteiger partial charge in [0, 0.05) is 33.8 Å². The van der Waals surface area contributed by atoms with Gasteiger partial charge < -0.3 is 5.11 Å². The van der Waals surface area contributed by atoms with Crippen LogP contribution in [-0.4, -0.2) is 19.6 Å². The van der Waals surface area contributed by atoms with E-state index in [-0.39, 0.29) is 16.6 Å². The molecular weight excluding hydrogens is 707 g/mol. The average Bonchev–Trinajstić information content (AvgIpc) is 3.62. The van der Waals surface area contributed by atoms with E-state index >= 15 is 0 Å². The first-order valence-electron chi connectivity index (χ1n) is 20.1. The van der Waals surface area contributed by atoms with Gasteiger partial charge >= 0.3 is 0 Å². The van der Waals surface area contributed by atoms with Crippen LogP contribution in [0.5, 0.6) is 5.75 Å². The third-order valence-electron chi connectivity index (χ3n) is 11.2. The monoisotopic (exact) mass is 753 g/mol. The number of pyridine rings is 1. The van der Waals surface area contributed by atoms with Gasteiger partial charge in [0.25, 0.3) is 0 Å². The lowest BCUT2D eigenvalue weighted by molar-refractivity contribution is 0.446. The van der Waals surface area contributed by atoms with Crippen molar-refractivity contribution >= 4 is 21.8 Å². The topological polar surface area (TPSA) is 50.9 Å². The maximum atomic E-state index is 12.4. The van der Waals surface area contributed by atoms with E-state index in [0.29, 0.717) is 11.4 Å². The first-order valence-corrected chi connectivity index (χ1v) is 20.1. The Hall–Kier alpha value is -6.78. The molecule has 0 aliphatic carbocycles. The smallest absolute Gasteiger partial charge is 0.149 e. The SMILES string of the molecule is CC(C)(C)c1cc(-c2nc3c(-c4cc(-c5ccccc5)cc(-c5nccc6ccccc56)c4)cccc3n2-c2ccccc2-c2ccccc2)c(O)c(C(C)(C)C)c1. The largest absolute Gasteiger partial charge is 0.507 e. The summed E-state index contributed by atoms with van der Waals surface area (Å²) < 4.78 is 2.25. The lowest BCUT2D eigenvalue weighted by Crippen LogP contribution is -2.17. The van der Waals surface area contributed by atoms with Crippen LogP contribution in [0.4, 0.5) is 0 Å². The lowest BCUT2D eigenvalue weighted by atomic mass is 9.79. The highest BCUT2D eigenvalue weighted by molar-refractivity contribution is 6.00. The number of phenolic OH excluding ortho intramolecular Hbond substituents is 1. The molecule has 0 saturated heterocycles. The van der Waals surface area contributed by atoms with Crippen LogP contribution in [0.15, 0.2) is 170 Å². The minimum absolute atomic E-state index is 0.170. The molecule has 0 aliphatic heterocycles. The van der Waals surface area contributed by atoms with E-state index in [1.54, 1.807) is 0 Å². The summed E-state index contributed by atoms with van der Waals surface area (Å²) in [5.41, 5.74) is 13.4. The zero-order valence-corrected chi connectivity index (χ0v) is 34.0. The fourth-order valence-corrected chi connectivity index (χ4v) is 8.16. The zero-order chi connectivity index (χ0) is 40.2. The summed E-state index contributed by atoms with van der Waals surface area (Å²) in [7, 11) is 0. The van der Waals surface area contributed by atoms with Crippen molar-refractivity contribution in [2.45, 2.75) is 52.4 Å². The molecule has 2 heterocycles. The fourth-order valence-electron chi connectivity index (χ4n) is 8.16. The molecule has 9 rings (SSSR count). The molecule has 4 heteroatoms. The maximum Gasteiger partial charge on any atom is 0.149 e. The van der Waals surface area contributed by atoms with Crippen molar-refractivity contribution in [3.8, 4) is 67.5 Å². The fraction of sp³-hybridized carbons (Fsp3) is 0.148. The van der Waals surface area contributed by atoms with Gasteiger partial charge in [-0.15, -0.1) is 0 Å². The molecule has 0 unspecified atom stereocenters. The second kappa shape index (κ2) is 14.3. The quantitative estimate of drug-likeness (QED) is 0.184. The van der Waals surface area contributed by atoms with E-state index in [0.717, 1.165) is 83.3 Å². The highest BCUT2D eigenvalue weighted by Crippen LogP contribution is 2.46. The van der Waals surface area contributed by atoms with Gasteiger partial charge in [-0.3, -0.25) is 9.55 Å². The Morgan fingerprint density at radius 2 is 1.14 bits per heavy atom. The van der Waals surface area contributed by atoms with Crippen molar-refractivity contribution in [2.24, 2.45) is 0 Å². The Morgan fingerprint density at radius 3 is 1.88 bits per heavy atom. The molecule has 7 aromatic carbocycles. The van der Waals surface area contributed by atoms with Crippen LogP contribution in [0.2, 0.25) is 0 Å². The normalized spacial score (nSPS) is 12.0. The van der Waals surface area contributed by atoms with Crippen molar-refractivity contribution in [1.82, 2.24) is 14.5 Å². The molecule has 0 saturated carbocycles. The molecule has 4 nitrogen and oxygen atoms in total. The molecule has 2 aromatic heterocycles. The summed E-state index contributed by atoms with van der Waals surface area (Å²) in [5, 5.41) is 14.6. The number of fused-ring (bicyclic) bond motifs is 2. The predicted molar refractivity (Wildman–Crippen MR) is 243 cm³/mol. The van der Waals surface area contributed by atoms with Crippen LogP contribution in [-0.2, 0) is 10.8 Å². The number of rotatable bonds is 6. The van der Waals surface area contributed by atoms with Gasteiger partial charge in [-0.25, -0.2) is 4.98 Å². The van der Waals surface area contributed by atoms with Gasteiger partial charge in [-0.05, 0) is 86.5 Å². The summed E-state index contributed by atoms with van der Waals surface area (Å²) in [6.07, 6.45) is 1.90. The van der Waals surface area contributed by atoms with Crippen molar-refractivity contribution in [3.05, 3.63) is 181 Å². The minimum atomic E-state index is -0.312.